The third kappa shape index (κ3) is 1.89. The molecule has 1 aliphatic rings. The summed E-state index contributed by atoms with van der Waals surface area (Å²) in [6.07, 6.45) is 6.76. The molecule has 1 aliphatic carbocycles. The van der Waals surface area contributed by atoms with E-state index in [1.807, 2.05) is 18.6 Å². The van der Waals surface area contributed by atoms with Crippen LogP contribution in [-0.4, -0.2) is 17.8 Å². The fourth-order valence-corrected chi connectivity index (χ4v) is 1.28. The summed E-state index contributed by atoms with van der Waals surface area (Å²) in [6.45, 7) is 3.52. The molecule has 0 bridgehead atoms. The number of methoxy groups -OCH3 is 1. The van der Waals surface area contributed by atoms with Crippen molar-refractivity contribution in [3.05, 3.63) is 29.9 Å². The van der Waals surface area contributed by atoms with E-state index in [0.29, 0.717) is 0 Å². The van der Waals surface area contributed by atoms with Gasteiger partial charge in [-0.1, -0.05) is 6.08 Å². The maximum Gasteiger partial charge on any atom is 0.120 e. The van der Waals surface area contributed by atoms with E-state index in [2.05, 4.69) is 0 Å². The highest BCUT2D eigenvalue weighted by Gasteiger charge is 2.24. The first-order chi connectivity index (χ1) is 5.55. The molecule has 0 amide bonds. The van der Waals surface area contributed by atoms with Crippen LogP contribution in [0.4, 0.5) is 0 Å². The Labute approximate surface area is 73.5 Å². The summed E-state index contributed by atoms with van der Waals surface area (Å²) in [5.74, 6) is 0.758. The molecule has 0 spiro atoms. The van der Waals surface area contributed by atoms with E-state index in [9.17, 15) is 5.11 Å². The molecule has 0 saturated carbocycles. The lowest BCUT2D eigenvalue weighted by atomic mass is 9.91. The first-order valence-electron chi connectivity index (χ1n) is 4.06. The van der Waals surface area contributed by atoms with Crippen LogP contribution in [0.15, 0.2) is 23.5 Å². The van der Waals surface area contributed by atoms with Gasteiger partial charge in [0.05, 0.1) is 12.7 Å². The molecule has 0 aliphatic heterocycles. The Hall–Kier alpha value is -0.760. The van der Waals surface area contributed by atoms with Crippen LogP contribution < -0.4 is 0 Å². The van der Waals surface area contributed by atoms with Crippen molar-refractivity contribution < 1.29 is 9.84 Å². The van der Waals surface area contributed by atoms with Crippen LogP contribution in [-0.2, 0) is 4.74 Å². The van der Waals surface area contributed by atoms with Gasteiger partial charge in [0.1, 0.15) is 5.76 Å². The molecule has 1 radical (unpaired) electrons. The van der Waals surface area contributed by atoms with Crippen LogP contribution in [0.3, 0.4) is 0 Å². The molecule has 12 heavy (non-hydrogen) atoms. The quantitative estimate of drug-likeness (QED) is 0.679. The van der Waals surface area contributed by atoms with Crippen LogP contribution in [0.5, 0.6) is 0 Å². The van der Waals surface area contributed by atoms with E-state index >= 15 is 0 Å². The highest BCUT2D eigenvalue weighted by molar-refractivity contribution is 5.37. The average molecular weight is 167 g/mol. The van der Waals surface area contributed by atoms with E-state index < -0.39 is 5.60 Å². The molecule has 2 heteroatoms. The van der Waals surface area contributed by atoms with Crippen molar-refractivity contribution in [2.24, 2.45) is 0 Å². The van der Waals surface area contributed by atoms with Gasteiger partial charge in [-0.05, 0) is 32.8 Å². The monoisotopic (exact) mass is 167 g/mol. The standard InChI is InChI=1S/C10H15O2/c1-10(2,11)8-6-4-5-7-9(8)12-3/h5-7,11H,4H2,1-3H3. The number of ether oxygens (including phenoxy) is 1. The van der Waals surface area contributed by atoms with Crippen LogP contribution in [0, 0.1) is 6.42 Å². The minimum Gasteiger partial charge on any atom is -0.497 e. The number of rotatable bonds is 2. The van der Waals surface area contributed by atoms with Gasteiger partial charge in [-0.2, -0.15) is 0 Å². The Morgan fingerprint density at radius 3 is 2.58 bits per heavy atom. The van der Waals surface area contributed by atoms with Gasteiger partial charge in [-0.25, -0.2) is 0 Å². The van der Waals surface area contributed by atoms with Gasteiger partial charge < -0.3 is 9.84 Å². The number of allylic oxidation sites excluding steroid dienone is 2. The first-order valence-corrected chi connectivity index (χ1v) is 4.06. The van der Waals surface area contributed by atoms with Crippen molar-refractivity contribution in [3.8, 4) is 0 Å². The van der Waals surface area contributed by atoms with Crippen LogP contribution in [0.2, 0.25) is 0 Å². The molecule has 0 saturated heterocycles. The third-order valence-corrected chi connectivity index (χ3v) is 1.87. The summed E-state index contributed by atoms with van der Waals surface area (Å²) in [6, 6.07) is 0. The minimum absolute atomic E-state index is 0.758. The summed E-state index contributed by atoms with van der Waals surface area (Å²) >= 11 is 0. The molecule has 0 aromatic rings. The van der Waals surface area contributed by atoms with E-state index in [1.165, 1.54) is 0 Å². The Morgan fingerprint density at radius 1 is 1.50 bits per heavy atom. The maximum atomic E-state index is 9.74. The molecule has 0 unspecified atom stereocenters. The Bertz CT molecular complexity index is 218. The molecule has 1 N–H and O–H groups in total. The van der Waals surface area contributed by atoms with E-state index in [-0.39, 0.29) is 0 Å². The molecule has 67 valence electrons. The van der Waals surface area contributed by atoms with Crippen LogP contribution in [0.1, 0.15) is 20.3 Å². The lowest BCUT2D eigenvalue weighted by Crippen LogP contribution is -2.24. The Kier molecular flexibility index (Phi) is 2.58. The molecule has 0 heterocycles. The van der Waals surface area contributed by atoms with E-state index in [4.69, 9.17) is 4.74 Å². The highest BCUT2D eigenvalue weighted by Crippen LogP contribution is 2.28. The van der Waals surface area contributed by atoms with E-state index in [0.717, 1.165) is 17.8 Å². The van der Waals surface area contributed by atoms with Gasteiger partial charge >= 0.3 is 0 Å². The van der Waals surface area contributed by atoms with Gasteiger partial charge in [0, 0.05) is 5.57 Å². The molecular formula is C10H15O2. The van der Waals surface area contributed by atoms with Crippen LogP contribution >= 0.6 is 0 Å². The Balaban J connectivity index is 2.88. The van der Waals surface area contributed by atoms with Crippen molar-refractivity contribution in [3.63, 3.8) is 0 Å². The minimum atomic E-state index is -0.809. The van der Waals surface area contributed by atoms with Crippen molar-refractivity contribution in [1.29, 1.82) is 0 Å². The third-order valence-electron chi connectivity index (χ3n) is 1.87. The zero-order valence-corrected chi connectivity index (χ0v) is 7.79. The average Bonchev–Trinajstić information content (AvgIpc) is 2.03. The van der Waals surface area contributed by atoms with Crippen molar-refractivity contribution >= 4 is 0 Å². The normalized spacial score (nSPS) is 18.3. The van der Waals surface area contributed by atoms with Gasteiger partial charge in [0.25, 0.3) is 0 Å². The molecular weight excluding hydrogens is 152 g/mol. The van der Waals surface area contributed by atoms with Crippen molar-refractivity contribution in [2.75, 3.05) is 7.11 Å². The topological polar surface area (TPSA) is 29.5 Å². The molecule has 0 aromatic heterocycles. The zero-order valence-electron chi connectivity index (χ0n) is 7.79. The summed E-state index contributed by atoms with van der Waals surface area (Å²) in [5.41, 5.74) is 0.0586. The van der Waals surface area contributed by atoms with Gasteiger partial charge in [0.2, 0.25) is 0 Å². The number of hydrogen-bond donors (Lipinski definition) is 1. The van der Waals surface area contributed by atoms with Gasteiger partial charge in [-0.3, -0.25) is 0 Å². The molecule has 0 fully saturated rings. The SMILES string of the molecule is COC1=C[CH]CC=C1C(C)(C)O. The zero-order chi connectivity index (χ0) is 9.19. The summed E-state index contributed by atoms with van der Waals surface area (Å²) in [5, 5.41) is 9.74. The van der Waals surface area contributed by atoms with Crippen molar-refractivity contribution in [1.82, 2.24) is 0 Å². The van der Waals surface area contributed by atoms with Gasteiger partial charge in [0.15, 0.2) is 0 Å². The summed E-state index contributed by atoms with van der Waals surface area (Å²) < 4.78 is 5.13. The summed E-state index contributed by atoms with van der Waals surface area (Å²) in [4.78, 5) is 0. The van der Waals surface area contributed by atoms with Gasteiger partial charge in [-0.15, -0.1) is 0 Å². The highest BCUT2D eigenvalue weighted by atomic mass is 16.5. The predicted molar refractivity (Wildman–Crippen MR) is 48.4 cm³/mol. The maximum absolute atomic E-state index is 9.74. The second-order valence-electron chi connectivity index (χ2n) is 3.38. The second-order valence-corrected chi connectivity index (χ2v) is 3.38. The van der Waals surface area contributed by atoms with Crippen molar-refractivity contribution in [2.45, 2.75) is 25.9 Å². The second kappa shape index (κ2) is 3.31. The summed E-state index contributed by atoms with van der Waals surface area (Å²) in [7, 11) is 1.62. The molecule has 2 nitrogen and oxygen atoms in total. The lowest BCUT2D eigenvalue weighted by molar-refractivity contribution is 0.110. The predicted octanol–water partition coefficient (Wildman–Crippen LogP) is 1.82. The van der Waals surface area contributed by atoms with E-state index in [1.54, 1.807) is 21.0 Å². The molecule has 1 rings (SSSR count). The fourth-order valence-electron chi connectivity index (χ4n) is 1.28. The smallest absolute Gasteiger partial charge is 0.120 e. The molecule has 0 aromatic carbocycles. The number of aliphatic hydroxyl groups is 1. The fraction of sp³-hybridized carbons (Fsp3) is 0.500. The van der Waals surface area contributed by atoms with Crippen LogP contribution in [0.25, 0.3) is 0 Å². The number of hydrogen-bond acceptors (Lipinski definition) is 2. The molecule has 0 atom stereocenters. The lowest BCUT2D eigenvalue weighted by Gasteiger charge is -2.25. The largest absolute Gasteiger partial charge is 0.497 e. The Morgan fingerprint density at radius 2 is 2.17 bits per heavy atom. The first kappa shape index (κ1) is 9.33.